The third-order valence-electron chi connectivity index (χ3n) is 1.04. The third kappa shape index (κ3) is 2.63. The molecular formula is C5H8N2OY-2. The molecular weight excluding hydrogens is 193 g/mol. The number of carbonyl (C=O) groups is 1. The van der Waals surface area contributed by atoms with Crippen molar-refractivity contribution in [2.45, 2.75) is 12.5 Å². The fourth-order valence-corrected chi connectivity index (χ4v) is 0.584. The van der Waals surface area contributed by atoms with Crippen molar-refractivity contribution < 1.29 is 37.5 Å². The van der Waals surface area contributed by atoms with E-state index in [1.165, 1.54) is 0 Å². The summed E-state index contributed by atoms with van der Waals surface area (Å²) >= 11 is 0. The van der Waals surface area contributed by atoms with Crippen LogP contribution in [0.3, 0.4) is 0 Å². The van der Waals surface area contributed by atoms with Gasteiger partial charge in [-0.15, -0.1) is 6.04 Å². The molecule has 9 heavy (non-hydrogen) atoms. The van der Waals surface area contributed by atoms with E-state index in [0.29, 0.717) is 6.42 Å². The van der Waals surface area contributed by atoms with E-state index in [9.17, 15) is 4.79 Å². The van der Waals surface area contributed by atoms with Gasteiger partial charge in [-0.05, 0) is 0 Å². The second kappa shape index (κ2) is 4.23. The van der Waals surface area contributed by atoms with E-state index in [1.54, 1.807) is 6.54 Å². The van der Waals surface area contributed by atoms with Crippen LogP contribution in [0.5, 0.6) is 0 Å². The van der Waals surface area contributed by atoms with E-state index in [4.69, 9.17) is 0 Å². The number of hydrogen-bond donors (Lipinski definition) is 2. The van der Waals surface area contributed by atoms with Crippen LogP contribution in [0.2, 0.25) is 0 Å². The molecule has 1 atom stereocenters. The van der Waals surface area contributed by atoms with Gasteiger partial charge in [0.2, 0.25) is 0 Å². The molecule has 1 fully saturated rings. The summed E-state index contributed by atoms with van der Waals surface area (Å²) in [5, 5.41) is 5.14. The van der Waals surface area contributed by atoms with Crippen molar-refractivity contribution in [2.24, 2.45) is 0 Å². The van der Waals surface area contributed by atoms with Crippen molar-refractivity contribution in [3.05, 3.63) is 13.5 Å². The average Bonchev–Trinajstić information content (AvgIpc) is 2.14. The largest absolute Gasteiger partial charge is 0.486 e. The number of rotatable bonds is 1. The molecule has 1 aliphatic heterocycles. The maximum Gasteiger partial charge on any atom is 0.283 e. The van der Waals surface area contributed by atoms with Crippen LogP contribution in [0.4, 0.5) is 4.79 Å². The molecule has 1 radical (unpaired) electrons. The van der Waals surface area contributed by atoms with Crippen LogP contribution < -0.4 is 10.6 Å². The van der Waals surface area contributed by atoms with Gasteiger partial charge in [-0.3, -0.25) is 4.79 Å². The Bertz CT molecular complexity index is 107. The zero-order valence-electron chi connectivity index (χ0n) is 5.05. The van der Waals surface area contributed by atoms with E-state index in [2.05, 4.69) is 17.6 Å². The fraction of sp³-hybridized carbons (Fsp3) is 0.400. The molecule has 0 spiro atoms. The van der Waals surface area contributed by atoms with Gasteiger partial charge < -0.3 is 17.6 Å². The summed E-state index contributed by atoms with van der Waals surface area (Å²) in [6.07, 6.45) is 0.707. The van der Waals surface area contributed by atoms with Crippen molar-refractivity contribution in [2.75, 3.05) is 0 Å². The van der Waals surface area contributed by atoms with Gasteiger partial charge in [-0.2, -0.15) is 6.42 Å². The summed E-state index contributed by atoms with van der Waals surface area (Å²) in [6, 6.07) is 0.00106. The van der Waals surface area contributed by atoms with Crippen LogP contribution >= 0.6 is 0 Å². The van der Waals surface area contributed by atoms with Gasteiger partial charge in [0.1, 0.15) is 0 Å². The Morgan fingerprint density at radius 1 is 1.78 bits per heavy atom. The van der Waals surface area contributed by atoms with Gasteiger partial charge in [0.15, 0.2) is 0 Å². The molecule has 49 valence electrons. The van der Waals surface area contributed by atoms with Gasteiger partial charge in [-0.1, -0.05) is 0 Å². The van der Waals surface area contributed by atoms with Gasteiger partial charge in [0.25, 0.3) is 6.03 Å². The molecule has 0 saturated carbocycles. The Balaban J connectivity index is 0.000000640. The van der Waals surface area contributed by atoms with Crippen LogP contribution in [-0.4, -0.2) is 12.1 Å². The summed E-state index contributed by atoms with van der Waals surface area (Å²) in [4.78, 5) is 10.3. The number of urea groups is 1. The van der Waals surface area contributed by atoms with E-state index >= 15 is 0 Å². The molecule has 0 aliphatic carbocycles. The number of carbonyl (C=O) groups excluding carboxylic acids is 1. The first-order valence-corrected chi connectivity index (χ1v) is 2.52. The first-order valence-electron chi connectivity index (χ1n) is 2.52. The molecule has 1 rings (SSSR count). The Morgan fingerprint density at radius 2 is 2.44 bits per heavy atom. The van der Waals surface area contributed by atoms with Gasteiger partial charge >= 0.3 is 0 Å². The van der Waals surface area contributed by atoms with Crippen molar-refractivity contribution in [1.82, 2.24) is 10.6 Å². The standard InChI is InChI=1S/C5H8N2O.Y/c1-2-4-3-6-5(8)7-4;/h3-4H,1-2H2,(H2,6,7,8);/q-2;. The zero-order valence-corrected chi connectivity index (χ0v) is 7.89. The molecule has 0 bridgehead atoms. The van der Waals surface area contributed by atoms with Crippen LogP contribution in [0.15, 0.2) is 0 Å². The Hall–Kier alpha value is 0.374. The minimum atomic E-state index is -0.126. The first kappa shape index (κ1) is 9.37. The number of hydrogen-bond acceptors (Lipinski definition) is 1. The number of nitrogens with one attached hydrogen (secondary N) is 2. The SMILES string of the molecule is [CH2-]CC1[CH-]NC(=O)N1.[Y]. The predicted octanol–water partition coefficient (Wildman–Crippen LogP) is 0.0513. The minimum Gasteiger partial charge on any atom is -0.486 e. The van der Waals surface area contributed by atoms with Crippen molar-refractivity contribution in [1.29, 1.82) is 0 Å². The Morgan fingerprint density at radius 3 is 2.67 bits per heavy atom. The quantitative estimate of drug-likeness (QED) is 0.578. The fourth-order valence-electron chi connectivity index (χ4n) is 0.584. The second-order valence-corrected chi connectivity index (χ2v) is 1.68. The molecule has 0 aromatic rings. The first-order chi connectivity index (χ1) is 3.83. The van der Waals surface area contributed by atoms with E-state index in [-0.39, 0.29) is 44.8 Å². The van der Waals surface area contributed by atoms with Crippen LogP contribution in [0, 0.1) is 13.5 Å². The normalized spacial score (nSPS) is 24.1. The zero-order chi connectivity index (χ0) is 5.98. The summed E-state index contributed by atoms with van der Waals surface area (Å²) in [5.74, 6) is 0. The molecule has 3 nitrogen and oxygen atoms in total. The maximum absolute atomic E-state index is 10.3. The molecule has 2 amide bonds. The Kier molecular flexibility index (Phi) is 4.41. The molecule has 0 aromatic carbocycles. The van der Waals surface area contributed by atoms with Crippen LogP contribution in [0.25, 0.3) is 0 Å². The van der Waals surface area contributed by atoms with Gasteiger partial charge in [0.05, 0.1) is 0 Å². The minimum absolute atomic E-state index is 0. The molecule has 2 N–H and O–H groups in total. The predicted molar refractivity (Wildman–Crippen MR) is 29.7 cm³/mol. The summed E-state index contributed by atoms with van der Waals surface area (Å²) in [5.41, 5.74) is 0. The molecule has 1 heterocycles. The molecule has 1 aliphatic rings. The third-order valence-corrected chi connectivity index (χ3v) is 1.04. The van der Waals surface area contributed by atoms with Crippen molar-refractivity contribution in [3.63, 3.8) is 0 Å². The Labute approximate surface area is 79.8 Å². The average molecular weight is 201 g/mol. The maximum atomic E-state index is 10.3. The number of amides is 2. The second-order valence-electron chi connectivity index (χ2n) is 1.68. The molecule has 4 heteroatoms. The van der Waals surface area contributed by atoms with Crippen LogP contribution in [-0.2, 0) is 32.7 Å². The molecule has 1 saturated heterocycles. The monoisotopic (exact) mass is 201 g/mol. The van der Waals surface area contributed by atoms with Crippen molar-refractivity contribution >= 4 is 6.03 Å². The summed E-state index contributed by atoms with van der Waals surface area (Å²) < 4.78 is 0. The van der Waals surface area contributed by atoms with Gasteiger partial charge in [-0.25, -0.2) is 6.54 Å². The van der Waals surface area contributed by atoms with E-state index in [0.717, 1.165) is 0 Å². The van der Waals surface area contributed by atoms with Gasteiger partial charge in [0, 0.05) is 32.7 Å². The molecule has 1 unspecified atom stereocenters. The summed E-state index contributed by atoms with van der Waals surface area (Å²) in [6.45, 7) is 5.32. The van der Waals surface area contributed by atoms with E-state index in [1.807, 2.05) is 0 Å². The topological polar surface area (TPSA) is 41.1 Å². The summed E-state index contributed by atoms with van der Waals surface area (Å²) in [7, 11) is 0. The molecule has 0 aromatic heterocycles. The van der Waals surface area contributed by atoms with E-state index < -0.39 is 0 Å². The van der Waals surface area contributed by atoms with Crippen molar-refractivity contribution in [3.8, 4) is 0 Å². The van der Waals surface area contributed by atoms with Crippen LogP contribution in [0.1, 0.15) is 6.42 Å². The smallest absolute Gasteiger partial charge is 0.283 e.